The van der Waals surface area contributed by atoms with Crippen LogP contribution in [0.5, 0.6) is 0 Å². The van der Waals surface area contributed by atoms with Crippen LogP contribution in [-0.2, 0) is 0 Å². The molecule has 0 bridgehead atoms. The molecule has 0 fully saturated rings. The molecule has 4 heterocycles. The van der Waals surface area contributed by atoms with E-state index in [0.29, 0.717) is 0 Å². The molecule has 0 atom stereocenters. The van der Waals surface area contributed by atoms with Crippen molar-refractivity contribution in [3.8, 4) is 50.7 Å². The molecule has 0 unspecified atom stereocenters. The van der Waals surface area contributed by atoms with Gasteiger partial charge in [0, 0.05) is 38.4 Å². The molecule has 1 aliphatic heterocycles. The molecule has 4 nitrogen and oxygen atoms in total. The van der Waals surface area contributed by atoms with E-state index in [1.807, 2.05) is 6.07 Å². The zero-order valence-electron chi connectivity index (χ0n) is 29.3. The van der Waals surface area contributed by atoms with E-state index in [-0.39, 0.29) is 0 Å². The van der Waals surface area contributed by atoms with Crippen molar-refractivity contribution in [3.05, 3.63) is 164 Å². The molecule has 0 radical (unpaired) electrons. The number of aromatic nitrogens is 3. The Bertz CT molecular complexity index is 3090. The molecule has 0 N–H and O–H groups in total. The van der Waals surface area contributed by atoms with Crippen LogP contribution < -0.4 is 10.4 Å². The second-order valence-corrected chi connectivity index (χ2v) is 18.8. The summed E-state index contributed by atoms with van der Waals surface area (Å²) in [6.07, 6.45) is 0. The van der Waals surface area contributed by atoms with Crippen LogP contribution in [0.1, 0.15) is 0 Å². The molecule has 0 aliphatic carbocycles. The van der Waals surface area contributed by atoms with Crippen molar-refractivity contribution in [2.45, 2.75) is 13.1 Å². The minimum atomic E-state index is -2.21. The van der Waals surface area contributed by atoms with Crippen LogP contribution in [0, 0.1) is 0 Å². The zero-order chi connectivity index (χ0) is 35.3. The third-order valence-electron chi connectivity index (χ3n) is 11.2. The van der Waals surface area contributed by atoms with Gasteiger partial charge in [-0.3, -0.25) is 0 Å². The summed E-state index contributed by atoms with van der Waals surface area (Å²) in [7, 11) is -2.21. The van der Waals surface area contributed by atoms with E-state index in [0.717, 1.165) is 72.4 Å². The third-order valence-corrected chi connectivity index (χ3v) is 14.7. The fourth-order valence-electron chi connectivity index (χ4n) is 8.79. The Labute approximate surface area is 307 Å². The molecule has 0 saturated heterocycles. The maximum atomic E-state index is 6.68. The quantitative estimate of drug-likeness (QED) is 0.172. The molecule has 1 aliphatic rings. The van der Waals surface area contributed by atoms with E-state index in [4.69, 9.17) is 14.4 Å². The van der Waals surface area contributed by atoms with Gasteiger partial charge in [-0.05, 0) is 69.5 Å². The normalized spacial score (nSPS) is 13.2. The lowest BCUT2D eigenvalue weighted by Crippen LogP contribution is -2.50. The van der Waals surface area contributed by atoms with Gasteiger partial charge in [0.1, 0.15) is 19.2 Å². The highest BCUT2D eigenvalue weighted by Gasteiger charge is 2.42. The highest BCUT2D eigenvalue weighted by atomic mass is 28.3. The first-order valence-corrected chi connectivity index (χ1v) is 21.2. The van der Waals surface area contributed by atoms with E-state index in [1.54, 1.807) is 0 Å². The number of benzene rings is 7. The molecule has 5 heteroatoms. The van der Waals surface area contributed by atoms with Crippen LogP contribution in [0.2, 0.25) is 13.1 Å². The van der Waals surface area contributed by atoms with Gasteiger partial charge in [0.05, 0.1) is 22.4 Å². The first-order chi connectivity index (χ1) is 26.1. The monoisotopic (exact) mass is 695 g/mol. The Kier molecular flexibility index (Phi) is 6.37. The minimum absolute atomic E-state index is 0.719. The van der Waals surface area contributed by atoms with Gasteiger partial charge in [-0.25, -0.2) is 9.97 Å². The van der Waals surface area contributed by atoms with Crippen molar-refractivity contribution in [2.75, 3.05) is 0 Å². The first kappa shape index (κ1) is 30.1. The van der Waals surface area contributed by atoms with Gasteiger partial charge in [-0.1, -0.05) is 134 Å². The Morgan fingerprint density at radius 3 is 2.02 bits per heavy atom. The number of fused-ring (bicyclic) bond motifs is 9. The van der Waals surface area contributed by atoms with Gasteiger partial charge in [-0.2, -0.15) is 0 Å². The second kappa shape index (κ2) is 11.2. The largest absolute Gasteiger partial charge is 0.455 e. The lowest BCUT2D eigenvalue weighted by Gasteiger charge is -2.21. The molecule has 3 aromatic heterocycles. The van der Waals surface area contributed by atoms with E-state index < -0.39 is 8.07 Å². The number of nitrogens with zero attached hydrogens (tertiary/aromatic N) is 3. The topological polar surface area (TPSA) is 43.9 Å². The van der Waals surface area contributed by atoms with Crippen molar-refractivity contribution in [1.29, 1.82) is 0 Å². The highest BCUT2D eigenvalue weighted by Crippen LogP contribution is 2.42. The number of hydrogen-bond acceptors (Lipinski definition) is 3. The molecule has 53 heavy (non-hydrogen) atoms. The highest BCUT2D eigenvalue weighted by molar-refractivity contribution is 7.04. The predicted molar refractivity (Wildman–Crippen MR) is 222 cm³/mol. The van der Waals surface area contributed by atoms with Crippen molar-refractivity contribution in [3.63, 3.8) is 0 Å². The van der Waals surface area contributed by atoms with E-state index in [9.17, 15) is 0 Å². The Morgan fingerprint density at radius 1 is 0.509 bits per heavy atom. The maximum Gasteiger partial charge on any atom is 0.161 e. The predicted octanol–water partition coefficient (Wildman–Crippen LogP) is 11.3. The third kappa shape index (κ3) is 4.35. The number of furan rings is 1. The van der Waals surface area contributed by atoms with Crippen LogP contribution in [0.25, 0.3) is 94.5 Å². The molecule has 0 amide bonds. The minimum Gasteiger partial charge on any atom is -0.455 e. The molecule has 250 valence electrons. The number of rotatable bonds is 4. The first-order valence-electron chi connectivity index (χ1n) is 18.2. The molecular weight excluding hydrogens is 663 g/mol. The average Bonchev–Trinajstić information content (AvgIpc) is 3.84. The summed E-state index contributed by atoms with van der Waals surface area (Å²) in [6, 6.07) is 58.3. The van der Waals surface area contributed by atoms with Gasteiger partial charge in [0.2, 0.25) is 0 Å². The summed E-state index contributed by atoms with van der Waals surface area (Å²) < 4.78 is 9.05. The fourth-order valence-corrected chi connectivity index (χ4v) is 12.0. The average molecular weight is 696 g/mol. The molecule has 0 spiro atoms. The van der Waals surface area contributed by atoms with Crippen LogP contribution in [0.4, 0.5) is 0 Å². The summed E-state index contributed by atoms with van der Waals surface area (Å²) in [5.74, 6) is 0.719. The molecule has 11 rings (SSSR count). The van der Waals surface area contributed by atoms with Crippen LogP contribution in [0.3, 0.4) is 0 Å². The van der Waals surface area contributed by atoms with Crippen molar-refractivity contribution >= 4 is 62.2 Å². The van der Waals surface area contributed by atoms with Crippen LogP contribution in [0.15, 0.2) is 168 Å². The number of hydrogen-bond donors (Lipinski definition) is 0. The molecule has 10 aromatic rings. The molecular formula is C48H33N3OSi. The summed E-state index contributed by atoms with van der Waals surface area (Å²) in [6.45, 7) is 4.87. The van der Waals surface area contributed by atoms with E-state index in [1.165, 1.54) is 32.5 Å². The molecule has 7 aromatic carbocycles. The summed E-state index contributed by atoms with van der Waals surface area (Å²) in [5.41, 5.74) is 12.7. The van der Waals surface area contributed by atoms with Gasteiger partial charge < -0.3 is 8.98 Å². The lowest BCUT2D eigenvalue weighted by atomic mass is 10.00. The van der Waals surface area contributed by atoms with Gasteiger partial charge in [0.25, 0.3) is 0 Å². The Hall–Kier alpha value is -6.56. The zero-order valence-corrected chi connectivity index (χ0v) is 30.3. The van der Waals surface area contributed by atoms with Crippen LogP contribution in [-0.4, -0.2) is 22.6 Å². The van der Waals surface area contributed by atoms with Gasteiger partial charge >= 0.3 is 0 Å². The fraction of sp³-hybridized carbons (Fsp3) is 0.0417. The summed E-state index contributed by atoms with van der Waals surface area (Å²) in [5, 5.41) is 7.18. The summed E-state index contributed by atoms with van der Waals surface area (Å²) >= 11 is 0. The molecule has 0 saturated carbocycles. The van der Waals surface area contributed by atoms with Gasteiger partial charge in [-0.15, -0.1) is 0 Å². The van der Waals surface area contributed by atoms with Crippen molar-refractivity contribution < 1.29 is 4.42 Å². The Morgan fingerprint density at radius 2 is 1.17 bits per heavy atom. The van der Waals surface area contributed by atoms with Crippen molar-refractivity contribution in [1.82, 2.24) is 14.5 Å². The standard InChI is InChI=1S/C48H33N3OSi/c1-53(2)42-26-12-10-20-35(42)44-47(53)45(37-23-13-21-34-33-19-9-11-25-41(33)52-46(34)37)50-48(49-44)36-22-14-24-40-43(36)38-29-31(30-15-5-3-6-16-30)27-28-39(38)51(40)32-17-7-4-8-18-32/h3-29H,1-2H3. The van der Waals surface area contributed by atoms with E-state index in [2.05, 4.69) is 175 Å². The van der Waals surface area contributed by atoms with Crippen molar-refractivity contribution in [2.24, 2.45) is 0 Å². The SMILES string of the molecule is C[Si]1(C)c2ccccc2-c2nc(-c3cccc4c3c3cc(-c5ccccc5)ccc3n4-c3ccccc3)nc(-c3cccc4c3oc3ccccc34)c21. The summed E-state index contributed by atoms with van der Waals surface area (Å²) in [4.78, 5) is 11.2. The Balaban J connectivity index is 1.26. The smallest absolute Gasteiger partial charge is 0.161 e. The lowest BCUT2D eigenvalue weighted by molar-refractivity contribution is 0.670. The number of para-hydroxylation sites is 3. The van der Waals surface area contributed by atoms with Gasteiger partial charge in [0.15, 0.2) is 5.82 Å². The van der Waals surface area contributed by atoms with E-state index >= 15 is 0 Å². The second-order valence-electron chi connectivity index (χ2n) is 14.5. The van der Waals surface area contributed by atoms with Crippen LogP contribution >= 0.6 is 0 Å². The maximum absolute atomic E-state index is 6.68.